The van der Waals surface area contributed by atoms with Crippen LogP contribution < -0.4 is 4.74 Å². The van der Waals surface area contributed by atoms with Crippen LogP contribution in [-0.2, 0) is 12.8 Å². The Labute approximate surface area is 131 Å². The molecule has 3 rings (SSSR count). The van der Waals surface area contributed by atoms with Crippen LogP contribution in [0, 0.1) is 0 Å². The zero-order chi connectivity index (χ0) is 14.7. The van der Waals surface area contributed by atoms with Gasteiger partial charge in [0, 0.05) is 17.8 Å². The maximum Gasteiger partial charge on any atom is 0.134 e. The molecule has 0 amide bonds. The van der Waals surface area contributed by atoms with Gasteiger partial charge in [0.2, 0.25) is 0 Å². The van der Waals surface area contributed by atoms with Gasteiger partial charge in [-0.05, 0) is 62.0 Å². The zero-order valence-corrected chi connectivity index (χ0v) is 13.7. The predicted octanol–water partition coefficient (Wildman–Crippen LogP) is 4.31. The summed E-state index contributed by atoms with van der Waals surface area (Å²) >= 11 is 1.79. The summed E-state index contributed by atoms with van der Waals surface area (Å²) in [6, 6.07) is 10.8. The average Bonchev–Trinajstić information content (AvgIpc) is 3.13. The van der Waals surface area contributed by atoms with Crippen molar-refractivity contribution >= 4 is 11.3 Å². The highest BCUT2D eigenvalue weighted by Gasteiger charge is 2.20. The molecule has 2 aromatic rings. The van der Waals surface area contributed by atoms with Gasteiger partial charge in [-0.1, -0.05) is 18.2 Å². The molecule has 0 aliphatic heterocycles. The summed E-state index contributed by atoms with van der Waals surface area (Å²) in [4.78, 5) is 3.55. The van der Waals surface area contributed by atoms with Gasteiger partial charge in [0.25, 0.3) is 0 Å². The fraction of sp³-hybridized carbons (Fsp3) is 0.444. The second-order valence-electron chi connectivity index (χ2n) is 5.96. The third kappa shape index (κ3) is 3.47. The van der Waals surface area contributed by atoms with Crippen molar-refractivity contribution in [3.8, 4) is 5.75 Å². The van der Waals surface area contributed by atoms with Crippen molar-refractivity contribution in [2.75, 3.05) is 20.6 Å². The molecular weight excluding hydrogens is 278 g/mol. The van der Waals surface area contributed by atoms with Crippen LogP contribution in [0.15, 0.2) is 35.7 Å². The van der Waals surface area contributed by atoms with Crippen molar-refractivity contribution in [1.82, 2.24) is 4.90 Å². The highest BCUT2D eigenvalue weighted by atomic mass is 32.1. The first-order valence-electron chi connectivity index (χ1n) is 7.69. The van der Waals surface area contributed by atoms with E-state index in [0.29, 0.717) is 0 Å². The highest BCUT2D eigenvalue weighted by molar-refractivity contribution is 7.10. The molecular formula is C18H23NOS. The summed E-state index contributed by atoms with van der Waals surface area (Å²) in [5.74, 6) is 1.10. The number of nitrogens with zero attached hydrogens (tertiary/aromatic N) is 1. The highest BCUT2D eigenvalue weighted by Crippen LogP contribution is 2.35. The van der Waals surface area contributed by atoms with Gasteiger partial charge in [-0.3, -0.25) is 0 Å². The Kier molecular flexibility index (Phi) is 4.61. The second kappa shape index (κ2) is 6.63. The van der Waals surface area contributed by atoms with Crippen LogP contribution in [0.3, 0.4) is 0 Å². The molecule has 112 valence electrons. The lowest BCUT2D eigenvalue weighted by atomic mass is 10.1. The molecule has 0 N–H and O–H groups in total. The van der Waals surface area contributed by atoms with Crippen LogP contribution in [0.25, 0.3) is 0 Å². The number of fused-ring (bicyclic) bond motifs is 1. The van der Waals surface area contributed by atoms with E-state index in [9.17, 15) is 0 Å². The van der Waals surface area contributed by atoms with Crippen molar-refractivity contribution in [2.45, 2.75) is 31.8 Å². The van der Waals surface area contributed by atoms with Gasteiger partial charge in [0.05, 0.1) is 0 Å². The van der Waals surface area contributed by atoms with Gasteiger partial charge in [0.15, 0.2) is 0 Å². The fourth-order valence-electron chi connectivity index (χ4n) is 2.96. The first-order chi connectivity index (χ1) is 10.2. The van der Waals surface area contributed by atoms with E-state index < -0.39 is 0 Å². The normalized spacial score (nSPS) is 15.2. The lowest BCUT2D eigenvalue weighted by Crippen LogP contribution is -2.18. The summed E-state index contributed by atoms with van der Waals surface area (Å²) < 4.78 is 6.44. The van der Waals surface area contributed by atoms with Crippen LogP contribution in [0.5, 0.6) is 5.75 Å². The molecule has 1 aliphatic rings. The summed E-state index contributed by atoms with van der Waals surface area (Å²) in [5, 5.41) is 2.14. The summed E-state index contributed by atoms with van der Waals surface area (Å²) in [6.45, 7) is 1.04. The molecule has 1 aromatic carbocycles. The molecule has 0 spiro atoms. The molecule has 0 radical (unpaired) electrons. The standard InChI is InChI=1S/C18H23NOS/c1-19(2)12-11-17(18-10-5-13-21-18)20-16-9-4-7-14-6-3-8-15(14)16/h4-5,7,9-10,13,17H,3,6,8,11-12H2,1-2H3. The zero-order valence-electron chi connectivity index (χ0n) is 12.8. The molecule has 1 unspecified atom stereocenters. The topological polar surface area (TPSA) is 12.5 Å². The largest absolute Gasteiger partial charge is 0.485 e. The molecule has 0 bridgehead atoms. The molecule has 1 aliphatic carbocycles. The first-order valence-corrected chi connectivity index (χ1v) is 8.57. The summed E-state index contributed by atoms with van der Waals surface area (Å²) in [5.41, 5.74) is 2.91. The Morgan fingerprint density at radius 1 is 1.19 bits per heavy atom. The van der Waals surface area contributed by atoms with Crippen LogP contribution in [-0.4, -0.2) is 25.5 Å². The number of thiophene rings is 1. The molecule has 21 heavy (non-hydrogen) atoms. The number of ether oxygens (including phenoxy) is 1. The second-order valence-corrected chi connectivity index (χ2v) is 6.94. The predicted molar refractivity (Wildman–Crippen MR) is 89.3 cm³/mol. The van der Waals surface area contributed by atoms with E-state index >= 15 is 0 Å². The number of aryl methyl sites for hydroxylation is 1. The van der Waals surface area contributed by atoms with E-state index in [1.165, 1.54) is 28.8 Å². The Bertz CT molecular complexity index is 577. The van der Waals surface area contributed by atoms with Crippen molar-refractivity contribution in [3.63, 3.8) is 0 Å². The minimum Gasteiger partial charge on any atom is -0.485 e. The molecule has 0 saturated carbocycles. The van der Waals surface area contributed by atoms with E-state index in [1.54, 1.807) is 11.3 Å². The Morgan fingerprint density at radius 2 is 2.10 bits per heavy atom. The Morgan fingerprint density at radius 3 is 2.86 bits per heavy atom. The van der Waals surface area contributed by atoms with E-state index in [4.69, 9.17) is 4.74 Å². The van der Waals surface area contributed by atoms with Crippen LogP contribution in [0.1, 0.15) is 34.9 Å². The van der Waals surface area contributed by atoms with E-state index in [0.717, 1.165) is 25.1 Å². The number of rotatable bonds is 6. The fourth-order valence-corrected chi connectivity index (χ4v) is 3.75. The third-order valence-corrected chi connectivity index (χ3v) is 5.04. The van der Waals surface area contributed by atoms with Crippen LogP contribution in [0.2, 0.25) is 0 Å². The third-order valence-electron chi connectivity index (χ3n) is 4.07. The maximum atomic E-state index is 6.44. The molecule has 1 heterocycles. The molecule has 0 fully saturated rings. The molecule has 1 atom stereocenters. The van der Waals surface area contributed by atoms with Gasteiger partial charge < -0.3 is 9.64 Å². The average molecular weight is 301 g/mol. The van der Waals surface area contributed by atoms with Gasteiger partial charge >= 0.3 is 0 Å². The smallest absolute Gasteiger partial charge is 0.134 e. The van der Waals surface area contributed by atoms with E-state index in [2.05, 4.69) is 54.7 Å². The Hall–Kier alpha value is -1.32. The first kappa shape index (κ1) is 14.6. The van der Waals surface area contributed by atoms with Crippen molar-refractivity contribution < 1.29 is 4.74 Å². The van der Waals surface area contributed by atoms with Crippen molar-refractivity contribution in [3.05, 3.63) is 51.7 Å². The monoisotopic (exact) mass is 301 g/mol. The lowest BCUT2D eigenvalue weighted by molar-refractivity contribution is 0.181. The lowest BCUT2D eigenvalue weighted by Gasteiger charge is -2.21. The SMILES string of the molecule is CN(C)CCC(Oc1cccc2c1CCC2)c1cccs1. The van der Waals surface area contributed by atoms with Crippen molar-refractivity contribution in [1.29, 1.82) is 0 Å². The van der Waals surface area contributed by atoms with Crippen LogP contribution in [0.4, 0.5) is 0 Å². The van der Waals surface area contributed by atoms with Gasteiger partial charge in [0.1, 0.15) is 11.9 Å². The minimum absolute atomic E-state index is 0.166. The Balaban J connectivity index is 1.80. The number of hydrogen-bond donors (Lipinski definition) is 0. The maximum absolute atomic E-state index is 6.44. The summed E-state index contributed by atoms with van der Waals surface area (Å²) in [6.07, 6.45) is 4.82. The number of hydrogen-bond acceptors (Lipinski definition) is 3. The van der Waals surface area contributed by atoms with Gasteiger partial charge in [-0.25, -0.2) is 0 Å². The van der Waals surface area contributed by atoms with Crippen LogP contribution >= 0.6 is 11.3 Å². The molecule has 0 saturated heterocycles. The minimum atomic E-state index is 0.166. The quantitative estimate of drug-likeness (QED) is 0.788. The molecule has 2 nitrogen and oxygen atoms in total. The van der Waals surface area contributed by atoms with Gasteiger partial charge in [-0.15, -0.1) is 11.3 Å². The molecule has 1 aromatic heterocycles. The number of benzene rings is 1. The van der Waals surface area contributed by atoms with Gasteiger partial charge in [-0.2, -0.15) is 0 Å². The van der Waals surface area contributed by atoms with E-state index in [-0.39, 0.29) is 6.10 Å². The summed E-state index contributed by atoms with van der Waals surface area (Å²) in [7, 11) is 4.23. The van der Waals surface area contributed by atoms with E-state index in [1.807, 2.05) is 0 Å². The van der Waals surface area contributed by atoms with Crippen molar-refractivity contribution in [2.24, 2.45) is 0 Å². The molecule has 3 heteroatoms.